The first-order chi connectivity index (χ1) is 9.88. The Kier molecular flexibility index (Phi) is 5.53. The number of carboxylic acids is 1. The zero-order valence-electron chi connectivity index (χ0n) is 11.9. The molecule has 1 rings (SSSR count). The summed E-state index contributed by atoms with van der Waals surface area (Å²) in [7, 11) is 2.86. The molecule has 1 aromatic rings. The third-order valence-corrected chi connectivity index (χ3v) is 2.69. The van der Waals surface area contributed by atoms with E-state index in [-0.39, 0.29) is 17.2 Å². The maximum Gasteiger partial charge on any atom is 0.337 e. The maximum atomic E-state index is 11.7. The first kappa shape index (κ1) is 16.3. The number of carboxylic acid groups (broad SMARTS) is 1. The van der Waals surface area contributed by atoms with Crippen molar-refractivity contribution in [2.45, 2.75) is 13.0 Å². The van der Waals surface area contributed by atoms with E-state index < -0.39 is 18.0 Å². The van der Waals surface area contributed by atoms with Crippen LogP contribution in [0, 0.1) is 0 Å². The van der Waals surface area contributed by atoms with Crippen LogP contribution in [-0.2, 0) is 4.79 Å². The molecule has 4 N–H and O–H groups in total. The molecule has 0 heterocycles. The van der Waals surface area contributed by atoms with E-state index >= 15 is 0 Å². The van der Waals surface area contributed by atoms with Gasteiger partial charge in [-0.15, -0.1) is 0 Å². The van der Waals surface area contributed by atoms with Crippen molar-refractivity contribution in [3.05, 3.63) is 23.8 Å². The summed E-state index contributed by atoms with van der Waals surface area (Å²) in [6.07, 6.45) is 0. The Morgan fingerprint density at radius 2 is 1.95 bits per heavy atom. The lowest BCUT2D eigenvalue weighted by Crippen LogP contribution is -2.45. The molecule has 0 saturated carbocycles. The normalized spacial score (nSPS) is 11.2. The van der Waals surface area contributed by atoms with Crippen molar-refractivity contribution in [2.75, 3.05) is 19.5 Å². The smallest absolute Gasteiger partial charge is 0.337 e. The highest BCUT2D eigenvalue weighted by Gasteiger charge is 2.17. The van der Waals surface area contributed by atoms with E-state index in [1.54, 1.807) is 0 Å². The summed E-state index contributed by atoms with van der Waals surface area (Å²) < 4.78 is 4.93. The number of carbonyl (C=O) groups is 3. The highest BCUT2D eigenvalue weighted by Crippen LogP contribution is 2.22. The van der Waals surface area contributed by atoms with Crippen LogP contribution < -0.4 is 20.7 Å². The summed E-state index contributed by atoms with van der Waals surface area (Å²) >= 11 is 0. The van der Waals surface area contributed by atoms with Gasteiger partial charge in [-0.2, -0.15) is 0 Å². The van der Waals surface area contributed by atoms with Crippen LogP contribution >= 0.6 is 0 Å². The van der Waals surface area contributed by atoms with Gasteiger partial charge in [0.1, 0.15) is 11.8 Å². The molecule has 21 heavy (non-hydrogen) atoms. The van der Waals surface area contributed by atoms with Gasteiger partial charge in [-0.1, -0.05) is 0 Å². The van der Waals surface area contributed by atoms with Crippen molar-refractivity contribution in [3.8, 4) is 5.75 Å². The van der Waals surface area contributed by atoms with Gasteiger partial charge in [0.05, 0.1) is 18.4 Å². The monoisotopic (exact) mass is 295 g/mol. The van der Waals surface area contributed by atoms with E-state index in [0.29, 0.717) is 5.75 Å². The number of amides is 3. The molecule has 1 unspecified atom stereocenters. The summed E-state index contributed by atoms with van der Waals surface area (Å²) in [5.74, 6) is -1.21. The number of likely N-dealkylation sites (N-methyl/N-ethyl adjacent to an activating group) is 1. The highest BCUT2D eigenvalue weighted by molar-refractivity contribution is 6.01. The fourth-order valence-corrected chi connectivity index (χ4v) is 1.57. The molecule has 114 valence electrons. The topological polar surface area (TPSA) is 117 Å². The van der Waals surface area contributed by atoms with Crippen LogP contribution in [0.25, 0.3) is 0 Å². The van der Waals surface area contributed by atoms with Crippen LogP contribution in [0.5, 0.6) is 5.75 Å². The number of benzene rings is 1. The third-order valence-electron chi connectivity index (χ3n) is 2.69. The second kappa shape index (κ2) is 7.13. The van der Waals surface area contributed by atoms with Crippen molar-refractivity contribution in [2.24, 2.45) is 0 Å². The molecule has 0 aliphatic rings. The number of nitrogens with one attached hydrogen (secondary N) is 3. The van der Waals surface area contributed by atoms with Gasteiger partial charge < -0.3 is 25.8 Å². The molecule has 1 aromatic carbocycles. The molecule has 0 radical (unpaired) electrons. The fraction of sp³-hybridized carbons (Fsp3) is 0.308. The Bertz CT molecular complexity index is 559. The first-order valence-electron chi connectivity index (χ1n) is 6.09. The number of carbonyl (C=O) groups excluding carboxylic acids is 2. The molecule has 0 saturated heterocycles. The molecule has 0 aliphatic heterocycles. The summed E-state index contributed by atoms with van der Waals surface area (Å²) in [5.41, 5.74) is -0.0120. The van der Waals surface area contributed by atoms with E-state index in [0.717, 1.165) is 0 Å². The number of ether oxygens (including phenoxy) is 1. The van der Waals surface area contributed by atoms with E-state index in [4.69, 9.17) is 9.84 Å². The molecule has 8 heteroatoms. The second-order valence-electron chi connectivity index (χ2n) is 4.15. The lowest BCUT2D eigenvalue weighted by Gasteiger charge is -2.14. The van der Waals surface area contributed by atoms with Crippen molar-refractivity contribution in [3.63, 3.8) is 0 Å². The second-order valence-corrected chi connectivity index (χ2v) is 4.15. The minimum Gasteiger partial charge on any atom is -0.497 e. The van der Waals surface area contributed by atoms with Crippen molar-refractivity contribution < 1.29 is 24.2 Å². The molecule has 0 aromatic heterocycles. The Morgan fingerprint density at radius 1 is 1.29 bits per heavy atom. The quantitative estimate of drug-likeness (QED) is 0.636. The zero-order chi connectivity index (χ0) is 16.0. The van der Waals surface area contributed by atoms with Gasteiger partial charge in [0.25, 0.3) is 0 Å². The predicted molar refractivity (Wildman–Crippen MR) is 75.6 cm³/mol. The lowest BCUT2D eigenvalue weighted by molar-refractivity contribution is -0.122. The largest absolute Gasteiger partial charge is 0.497 e. The number of aromatic carboxylic acids is 1. The number of rotatable bonds is 5. The first-order valence-corrected chi connectivity index (χ1v) is 6.09. The van der Waals surface area contributed by atoms with Gasteiger partial charge in [0.15, 0.2) is 0 Å². The number of hydrogen-bond donors (Lipinski definition) is 4. The number of hydrogen-bond acceptors (Lipinski definition) is 4. The van der Waals surface area contributed by atoms with Gasteiger partial charge in [-0.05, 0) is 25.1 Å². The van der Waals surface area contributed by atoms with E-state index in [1.165, 1.54) is 39.3 Å². The summed E-state index contributed by atoms with van der Waals surface area (Å²) in [6, 6.07) is 2.79. The van der Waals surface area contributed by atoms with Crippen LogP contribution in [0.1, 0.15) is 17.3 Å². The van der Waals surface area contributed by atoms with Crippen molar-refractivity contribution in [1.82, 2.24) is 10.6 Å². The number of urea groups is 1. The van der Waals surface area contributed by atoms with Crippen molar-refractivity contribution >= 4 is 23.6 Å². The summed E-state index contributed by atoms with van der Waals surface area (Å²) in [6.45, 7) is 1.50. The van der Waals surface area contributed by atoms with Gasteiger partial charge in [-0.3, -0.25) is 4.79 Å². The molecular formula is C13H17N3O5. The van der Waals surface area contributed by atoms with E-state index in [9.17, 15) is 14.4 Å². The molecule has 0 bridgehead atoms. The lowest BCUT2D eigenvalue weighted by atomic mass is 10.1. The molecule has 0 fully saturated rings. The highest BCUT2D eigenvalue weighted by atomic mass is 16.5. The Labute approximate surface area is 121 Å². The maximum absolute atomic E-state index is 11.7. The average molecular weight is 295 g/mol. The molecule has 1 atom stereocenters. The van der Waals surface area contributed by atoms with E-state index in [1.807, 2.05) is 0 Å². The Balaban J connectivity index is 2.85. The standard InChI is InChI=1S/C13H17N3O5/c1-7(11(17)14-2)15-13(20)16-10-5-4-8(21-3)6-9(10)12(18)19/h4-7H,1-3H3,(H,14,17)(H,18,19)(H2,15,16,20). The molecule has 3 amide bonds. The molecular weight excluding hydrogens is 278 g/mol. The molecule has 8 nitrogen and oxygen atoms in total. The molecule has 0 spiro atoms. The predicted octanol–water partition coefficient (Wildman–Crippen LogP) is 0.649. The van der Waals surface area contributed by atoms with Crippen LogP contribution in [0.4, 0.5) is 10.5 Å². The van der Waals surface area contributed by atoms with Crippen LogP contribution in [-0.4, -0.2) is 43.2 Å². The zero-order valence-corrected chi connectivity index (χ0v) is 11.9. The average Bonchev–Trinajstić information content (AvgIpc) is 2.46. The Morgan fingerprint density at radius 3 is 2.48 bits per heavy atom. The summed E-state index contributed by atoms with van der Waals surface area (Å²) in [4.78, 5) is 34.2. The van der Waals surface area contributed by atoms with Gasteiger partial charge in [-0.25, -0.2) is 9.59 Å². The van der Waals surface area contributed by atoms with E-state index in [2.05, 4.69) is 16.0 Å². The number of methoxy groups -OCH3 is 1. The fourth-order valence-electron chi connectivity index (χ4n) is 1.57. The molecule has 0 aliphatic carbocycles. The third kappa shape index (κ3) is 4.37. The van der Waals surface area contributed by atoms with Gasteiger partial charge in [0.2, 0.25) is 5.91 Å². The van der Waals surface area contributed by atoms with Crippen LogP contribution in [0.15, 0.2) is 18.2 Å². The number of anilines is 1. The minimum absolute atomic E-state index is 0.102. The summed E-state index contributed by atoms with van der Waals surface area (Å²) in [5, 5.41) is 16.3. The minimum atomic E-state index is -1.21. The Hall–Kier alpha value is -2.77. The SMILES string of the molecule is CNC(=O)C(C)NC(=O)Nc1ccc(OC)cc1C(=O)O. The van der Waals surface area contributed by atoms with Crippen molar-refractivity contribution in [1.29, 1.82) is 0 Å². The van der Waals surface area contributed by atoms with Gasteiger partial charge >= 0.3 is 12.0 Å². The van der Waals surface area contributed by atoms with Crippen LogP contribution in [0.3, 0.4) is 0 Å². The van der Waals surface area contributed by atoms with Gasteiger partial charge in [0, 0.05) is 7.05 Å². The van der Waals surface area contributed by atoms with Crippen LogP contribution in [0.2, 0.25) is 0 Å².